The van der Waals surface area contributed by atoms with E-state index in [1.54, 1.807) is 30.6 Å². The number of hydrogen-bond donors (Lipinski definition) is 3. The van der Waals surface area contributed by atoms with Crippen LogP contribution in [0.3, 0.4) is 0 Å². The maximum Gasteiger partial charge on any atom is 0.132 e. The molecule has 1 aromatic carbocycles. The smallest absolute Gasteiger partial charge is 0.132 e. The van der Waals surface area contributed by atoms with E-state index in [4.69, 9.17) is 5.41 Å². The minimum Gasteiger partial charge on any atom is -0.380 e. The topological polar surface area (TPSA) is 73.7 Å². The van der Waals surface area contributed by atoms with E-state index in [9.17, 15) is 8.78 Å². The number of nitrogens with one attached hydrogen (secondary N) is 3. The molecule has 3 aromatic rings. The minimum atomic E-state index is -0.500. The van der Waals surface area contributed by atoms with Crippen molar-refractivity contribution in [1.82, 2.24) is 9.97 Å². The van der Waals surface area contributed by atoms with Crippen molar-refractivity contribution in [2.75, 3.05) is 10.6 Å². The third kappa shape index (κ3) is 4.14. The molecule has 0 aliphatic heterocycles. The summed E-state index contributed by atoms with van der Waals surface area (Å²) in [4.78, 5) is 8.18. The first kappa shape index (κ1) is 16.5. The van der Waals surface area contributed by atoms with Gasteiger partial charge in [-0.1, -0.05) is 0 Å². The van der Waals surface area contributed by atoms with E-state index >= 15 is 0 Å². The first-order valence-electron chi connectivity index (χ1n) is 7.51. The fourth-order valence-corrected chi connectivity index (χ4v) is 2.25. The van der Waals surface area contributed by atoms with Gasteiger partial charge in [-0.25, -0.2) is 13.8 Å². The summed E-state index contributed by atoms with van der Waals surface area (Å²) in [5, 5.41) is 13.6. The second-order valence-electron chi connectivity index (χ2n) is 5.25. The molecule has 0 unspecified atom stereocenters. The Hall–Kier alpha value is -3.35. The number of nitrogens with zero attached hydrogens (tertiary/aromatic N) is 2. The number of anilines is 3. The van der Waals surface area contributed by atoms with Gasteiger partial charge in [-0.2, -0.15) is 0 Å². The molecule has 2 aromatic heterocycles. The van der Waals surface area contributed by atoms with Gasteiger partial charge in [-0.3, -0.25) is 4.98 Å². The molecule has 0 fully saturated rings. The summed E-state index contributed by atoms with van der Waals surface area (Å²) in [6.45, 7) is 0.0865. The molecule has 0 aliphatic rings. The number of benzene rings is 1. The number of pyridine rings is 2. The SMILES string of the molecule is N=Cc1cnc(Nc2ccncc2)cc1NCc1cc(F)ccc1F. The van der Waals surface area contributed by atoms with Crippen molar-refractivity contribution in [2.24, 2.45) is 0 Å². The van der Waals surface area contributed by atoms with Gasteiger partial charge >= 0.3 is 0 Å². The van der Waals surface area contributed by atoms with Crippen LogP contribution in [0.15, 0.2) is 55.0 Å². The Bertz CT molecular complexity index is 884. The van der Waals surface area contributed by atoms with E-state index in [1.165, 1.54) is 6.20 Å². The summed E-state index contributed by atoms with van der Waals surface area (Å²) in [6.07, 6.45) is 5.98. The van der Waals surface area contributed by atoms with Crippen LogP contribution in [0.25, 0.3) is 0 Å². The van der Waals surface area contributed by atoms with Gasteiger partial charge < -0.3 is 16.0 Å². The summed E-state index contributed by atoms with van der Waals surface area (Å²) >= 11 is 0. The molecule has 0 radical (unpaired) electrons. The lowest BCUT2D eigenvalue weighted by atomic mass is 10.2. The Kier molecular flexibility index (Phi) is 4.94. The number of aromatic nitrogens is 2. The Morgan fingerprint density at radius 3 is 2.64 bits per heavy atom. The summed E-state index contributed by atoms with van der Waals surface area (Å²) in [6, 6.07) is 8.60. The third-order valence-corrected chi connectivity index (χ3v) is 3.52. The summed E-state index contributed by atoms with van der Waals surface area (Å²) in [7, 11) is 0. The Morgan fingerprint density at radius 2 is 1.88 bits per heavy atom. The van der Waals surface area contributed by atoms with Crippen molar-refractivity contribution < 1.29 is 8.78 Å². The first-order valence-corrected chi connectivity index (χ1v) is 7.51. The van der Waals surface area contributed by atoms with Gasteiger partial charge in [0, 0.05) is 59.9 Å². The molecule has 5 nitrogen and oxygen atoms in total. The zero-order valence-corrected chi connectivity index (χ0v) is 13.1. The average molecular weight is 339 g/mol. The van der Waals surface area contributed by atoms with Gasteiger partial charge in [0.15, 0.2) is 0 Å². The van der Waals surface area contributed by atoms with Gasteiger partial charge in [0.25, 0.3) is 0 Å². The molecule has 0 amide bonds. The van der Waals surface area contributed by atoms with E-state index in [0.717, 1.165) is 30.1 Å². The van der Waals surface area contributed by atoms with Crippen LogP contribution in [0.5, 0.6) is 0 Å². The van der Waals surface area contributed by atoms with Crippen LogP contribution in [0.1, 0.15) is 11.1 Å². The third-order valence-electron chi connectivity index (χ3n) is 3.52. The molecule has 7 heteroatoms. The quantitative estimate of drug-likeness (QED) is 0.591. The highest BCUT2D eigenvalue weighted by molar-refractivity contribution is 5.86. The highest BCUT2D eigenvalue weighted by Crippen LogP contribution is 2.21. The molecule has 0 spiro atoms. The van der Waals surface area contributed by atoms with E-state index in [-0.39, 0.29) is 12.1 Å². The van der Waals surface area contributed by atoms with Crippen LogP contribution in [-0.4, -0.2) is 16.2 Å². The molecule has 0 aliphatic carbocycles. The predicted octanol–water partition coefficient (Wildman–Crippen LogP) is 4.11. The van der Waals surface area contributed by atoms with Gasteiger partial charge in [0.1, 0.15) is 17.5 Å². The van der Waals surface area contributed by atoms with Crippen molar-refractivity contribution in [3.8, 4) is 0 Å². The molecule has 0 saturated carbocycles. The van der Waals surface area contributed by atoms with Crippen LogP contribution >= 0.6 is 0 Å². The monoisotopic (exact) mass is 339 g/mol. The summed E-state index contributed by atoms with van der Waals surface area (Å²) < 4.78 is 27.0. The lowest BCUT2D eigenvalue weighted by Gasteiger charge is -2.12. The second-order valence-corrected chi connectivity index (χ2v) is 5.25. The minimum absolute atomic E-state index is 0.0865. The number of rotatable bonds is 6. The highest BCUT2D eigenvalue weighted by Gasteiger charge is 2.07. The van der Waals surface area contributed by atoms with E-state index in [1.807, 2.05) is 0 Å². The second kappa shape index (κ2) is 7.48. The molecule has 25 heavy (non-hydrogen) atoms. The standard InChI is InChI=1S/C18H15F2N5/c19-14-1-2-16(20)12(7-14)10-23-17-8-18(24-11-13(17)9-21)25-15-3-5-22-6-4-15/h1-9,11,21H,10H2,(H2,22,23,24,25). The van der Waals surface area contributed by atoms with Crippen LogP contribution < -0.4 is 10.6 Å². The molecule has 0 atom stereocenters. The number of halogens is 2. The van der Waals surface area contributed by atoms with Crippen molar-refractivity contribution >= 4 is 23.4 Å². The summed E-state index contributed by atoms with van der Waals surface area (Å²) in [5.74, 6) is -0.436. The molecule has 2 heterocycles. The Morgan fingerprint density at radius 1 is 1.08 bits per heavy atom. The van der Waals surface area contributed by atoms with E-state index in [2.05, 4.69) is 20.6 Å². The normalized spacial score (nSPS) is 10.3. The molecule has 3 rings (SSSR count). The van der Waals surface area contributed by atoms with Crippen molar-refractivity contribution in [3.63, 3.8) is 0 Å². The van der Waals surface area contributed by atoms with E-state index in [0.29, 0.717) is 17.1 Å². The van der Waals surface area contributed by atoms with E-state index < -0.39 is 11.6 Å². The molecule has 3 N–H and O–H groups in total. The predicted molar refractivity (Wildman–Crippen MR) is 93.3 cm³/mol. The van der Waals surface area contributed by atoms with Crippen molar-refractivity contribution in [2.45, 2.75) is 6.54 Å². The van der Waals surface area contributed by atoms with Crippen LogP contribution in [0.4, 0.5) is 26.0 Å². The molecule has 0 saturated heterocycles. The average Bonchev–Trinajstić information content (AvgIpc) is 2.63. The molecular formula is C18H15F2N5. The Labute approximate surface area is 143 Å². The number of hydrogen-bond acceptors (Lipinski definition) is 5. The molecule has 126 valence electrons. The van der Waals surface area contributed by atoms with Crippen LogP contribution in [0.2, 0.25) is 0 Å². The van der Waals surface area contributed by atoms with Gasteiger partial charge in [0.05, 0.1) is 0 Å². The Balaban J connectivity index is 1.80. The summed E-state index contributed by atoms with van der Waals surface area (Å²) in [5.41, 5.74) is 2.14. The maximum absolute atomic E-state index is 13.7. The fourth-order valence-electron chi connectivity index (χ4n) is 2.25. The maximum atomic E-state index is 13.7. The molecule has 0 bridgehead atoms. The lowest BCUT2D eigenvalue weighted by Crippen LogP contribution is -2.06. The zero-order valence-electron chi connectivity index (χ0n) is 13.1. The lowest BCUT2D eigenvalue weighted by molar-refractivity contribution is 0.587. The van der Waals surface area contributed by atoms with Crippen LogP contribution in [-0.2, 0) is 6.54 Å². The van der Waals surface area contributed by atoms with Gasteiger partial charge in [-0.05, 0) is 30.3 Å². The first-order chi connectivity index (χ1) is 12.2. The van der Waals surface area contributed by atoms with Crippen molar-refractivity contribution in [1.29, 1.82) is 5.41 Å². The zero-order chi connectivity index (χ0) is 17.6. The van der Waals surface area contributed by atoms with Gasteiger partial charge in [0.2, 0.25) is 0 Å². The van der Waals surface area contributed by atoms with Crippen molar-refractivity contribution in [3.05, 3.63) is 77.8 Å². The van der Waals surface area contributed by atoms with Crippen LogP contribution in [0, 0.1) is 17.0 Å². The fraction of sp³-hybridized carbons (Fsp3) is 0.0556. The largest absolute Gasteiger partial charge is 0.380 e. The molecular weight excluding hydrogens is 324 g/mol. The van der Waals surface area contributed by atoms with Gasteiger partial charge in [-0.15, -0.1) is 0 Å². The highest BCUT2D eigenvalue weighted by atomic mass is 19.1.